The van der Waals surface area contributed by atoms with Gasteiger partial charge in [0.05, 0.1) is 24.2 Å². The molecule has 0 fully saturated rings. The average Bonchev–Trinajstić information content (AvgIpc) is 2.64. The van der Waals surface area contributed by atoms with Crippen LogP contribution in [-0.4, -0.2) is 28.8 Å². The molecule has 0 spiro atoms. The van der Waals surface area contributed by atoms with Gasteiger partial charge in [-0.2, -0.15) is 0 Å². The summed E-state index contributed by atoms with van der Waals surface area (Å²) < 4.78 is 5.00. The number of benzene rings is 1. The highest BCUT2D eigenvalue weighted by atomic mass is 32.2. The van der Waals surface area contributed by atoms with E-state index in [0.717, 1.165) is 23.3 Å². The van der Waals surface area contributed by atoms with Gasteiger partial charge in [-0.05, 0) is 25.8 Å². The van der Waals surface area contributed by atoms with Crippen LogP contribution >= 0.6 is 11.8 Å². The number of aromatic amines is 1. The molecule has 0 bridgehead atoms. The molecule has 0 unspecified atom stereocenters. The SMILES string of the molecule is CCCSc1nc2c(c(=O)[nH]1)[C@H](c1cccc(C)c1)C(C(=O)OC)=C(C)N2. The summed E-state index contributed by atoms with van der Waals surface area (Å²) in [6.07, 6.45) is 0.982. The van der Waals surface area contributed by atoms with Crippen LogP contribution in [0.25, 0.3) is 0 Å². The van der Waals surface area contributed by atoms with Crippen LogP contribution in [0.1, 0.15) is 42.9 Å². The Balaban J connectivity index is 2.21. The maximum absolute atomic E-state index is 13.0. The number of allylic oxidation sites excluding steroid dienone is 1. The summed E-state index contributed by atoms with van der Waals surface area (Å²) >= 11 is 1.51. The van der Waals surface area contributed by atoms with Crippen LogP contribution in [0, 0.1) is 6.92 Å². The van der Waals surface area contributed by atoms with E-state index in [9.17, 15) is 9.59 Å². The van der Waals surface area contributed by atoms with E-state index in [0.29, 0.717) is 27.8 Å². The molecule has 7 heteroatoms. The predicted molar refractivity (Wildman–Crippen MR) is 107 cm³/mol. The van der Waals surface area contributed by atoms with Crippen LogP contribution in [0.5, 0.6) is 0 Å². The number of H-pyrrole nitrogens is 1. The zero-order valence-electron chi connectivity index (χ0n) is 15.9. The largest absolute Gasteiger partial charge is 0.466 e. The van der Waals surface area contributed by atoms with Crippen molar-refractivity contribution < 1.29 is 9.53 Å². The van der Waals surface area contributed by atoms with Gasteiger partial charge < -0.3 is 15.0 Å². The lowest BCUT2D eigenvalue weighted by Gasteiger charge is -2.28. The highest BCUT2D eigenvalue weighted by molar-refractivity contribution is 7.99. The first-order valence-corrected chi connectivity index (χ1v) is 9.84. The third kappa shape index (κ3) is 3.78. The van der Waals surface area contributed by atoms with Crippen LogP contribution in [0.15, 0.2) is 45.5 Å². The molecule has 1 aromatic carbocycles. The molecule has 2 aromatic rings. The molecule has 3 rings (SSSR count). The maximum Gasteiger partial charge on any atom is 0.336 e. The highest BCUT2D eigenvalue weighted by Crippen LogP contribution is 2.40. The number of methoxy groups -OCH3 is 1. The molecule has 0 saturated carbocycles. The predicted octanol–water partition coefficient (Wildman–Crippen LogP) is 3.58. The van der Waals surface area contributed by atoms with Crippen molar-refractivity contribution in [3.8, 4) is 0 Å². The normalized spacial score (nSPS) is 15.9. The Bertz CT molecular complexity index is 965. The van der Waals surface area contributed by atoms with Crippen molar-refractivity contribution in [2.45, 2.75) is 38.3 Å². The van der Waals surface area contributed by atoms with Crippen molar-refractivity contribution in [1.29, 1.82) is 0 Å². The molecule has 6 nitrogen and oxygen atoms in total. The van der Waals surface area contributed by atoms with Crippen LogP contribution in [-0.2, 0) is 9.53 Å². The Morgan fingerprint density at radius 1 is 1.33 bits per heavy atom. The molecule has 0 radical (unpaired) electrons. The molecule has 27 heavy (non-hydrogen) atoms. The van der Waals surface area contributed by atoms with Gasteiger partial charge in [0.25, 0.3) is 5.56 Å². The Morgan fingerprint density at radius 2 is 2.11 bits per heavy atom. The van der Waals surface area contributed by atoms with Crippen LogP contribution < -0.4 is 10.9 Å². The standard InChI is InChI=1S/C20H23N3O3S/c1-5-9-27-20-22-17-16(18(24)23-20)15(13-8-6-7-11(2)10-13)14(12(3)21-17)19(25)26-4/h6-8,10,15H,5,9H2,1-4H3,(H2,21,22,23,24)/t15-/m1/s1. The molecule has 2 heterocycles. The van der Waals surface area contributed by atoms with Gasteiger partial charge in [-0.25, -0.2) is 9.78 Å². The summed E-state index contributed by atoms with van der Waals surface area (Å²) in [6, 6.07) is 7.80. The molecule has 1 aliphatic heterocycles. The summed E-state index contributed by atoms with van der Waals surface area (Å²) in [5.74, 6) is 0.371. The fourth-order valence-electron chi connectivity index (χ4n) is 3.26. The first-order chi connectivity index (χ1) is 13.0. The van der Waals surface area contributed by atoms with Crippen molar-refractivity contribution in [2.24, 2.45) is 0 Å². The number of hydrogen-bond donors (Lipinski definition) is 2. The summed E-state index contributed by atoms with van der Waals surface area (Å²) in [4.78, 5) is 32.9. The van der Waals surface area contributed by atoms with Crippen molar-refractivity contribution in [3.05, 3.63) is 62.6 Å². The van der Waals surface area contributed by atoms with E-state index in [2.05, 4.69) is 22.2 Å². The number of carbonyl (C=O) groups excluding carboxylic acids is 1. The molecule has 0 saturated heterocycles. The summed E-state index contributed by atoms with van der Waals surface area (Å²) in [5, 5.41) is 3.71. The number of thioether (sulfide) groups is 1. The molecule has 1 aromatic heterocycles. The number of nitrogens with zero attached hydrogens (tertiary/aromatic N) is 1. The zero-order chi connectivity index (χ0) is 19.6. The highest BCUT2D eigenvalue weighted by Gasteiger charge is 2.36. The van der Waals surface area contributed by atoms with Crippen LogP contribution in [0.4, 0.5) is 5.82 Å². The second-order valence-electron chi connectivity index (χ2n) is 6.48. The summed E-state index contributed by atoms with van der Waals surface area (Å²) in [6.45, 7) is 5.86. The number of fused-ring (bicyclic) bond motifs is 1. The van der Waals surface area contributed by atoms with E-state index in [4.69, 9.17) is 4.74 Å². The van der Waals surface area contributed by atoms with Gasteiger partial charge >= 0.3 is 5.97 Å². The first-order valence-electron chi connectivity index (χ1n) is 8.86. The lowest BCUT2D eigenvalue weighted by molar-refractivity contribution is -0.136. The van der Waals surface area contributed by atoms with E-state index < -0.39 is 11.9 Å². The minimum atomic E-state index is -0.532. The number of aromatic nitrogens is 2. The summed E-state index contributed by atoms with van der Waals surface area (Å²) in [5.41, 5.74) is 3.17. The molecule has 1 atom stereocenters. The van der Waals surface area contributed by atoms with Crippen molar-refractivity contribution in [3.63, 3.8) is 0 Å². The number of hydrogen-bond acceptors (Lipinski definition) is 6. The Labute approximate surface area is 162 Å². The lowest BCUT2D eigenvalue weighted by atomic mass is 9.82. The minimum Gasteiger partial charge on any atom is -0.466 e. The molecule has 0 amide bonds. The monoisotopic (exact) mass is 385 g/mol. The summed E-state index contributed by atoms with van der Waals surface area (Å²) in [7, 11) is 1.35. The Kier molecular flexibility index (Phi) is 5.70. The third-order valence-electron chi connectivity index (χ3n) is 4.44. The smallest absolute Gasteiger partial charge is 0.336 e. The van der Waals surface area contributed by atoms with Gasteiger partial charge in [0.2, 0.25) is 0 Å². The van der Waals surface area contributed by atoms with E-state index in [1.165, 1.54) is 18.9 Å². The van der Waals surface area contributed by atoms with E-state index in [1.807, 2.05) is 31.2 Å². The second-order valence-corrected chi connectivity index (χ2v) is 7.57. The number of nitrogens with one attached hydrogen (secondary N) is 2. The van der Waals surface area contributed by atoms with Crippen molar-refractivity contribution in [2.75, 3.05) is 18.2 Å². The molecular weight excluding hydrogens is 362 g/mol. The number of aryl methyl sites for hydroxylation is 1. The Morgan fingerprint density at radius 3 is 2.78 bits per heavy atom. The molecule has 1 aliphatic rings. The van der Waals surface area contributed by atoms with Gasteiger partial charge in [-0.3, -0.25) is 4.79 Å². The van der Waals surface area contributed by atoms with E-state index in [-0.39, 0.29) is 5.56 Å². The van der Waals surface area contributed by atoms with Gasteiger partial charge in [0, 0.05) is 11.4 Å². The van der Waals surface area contributed by atoms with Gasteiger partial charge in [-0.15, -0.1) is 0 Å². The topological polar surface area (TPSA) is 84.1 Å². The maximum atomic E-state index is 13.0. The van der Waals surface area contributed by atoms with Crippen LogP contribution in [0.2, 0.25) is 0 Å². The van der Waals surface area contributed by atoms with Gasteiger partial charge in [-0.1, -0.05) is 48.5 Å². The first kappa shape index (κ1) is 19.2. The third-order valence-corrected chi connectivity index (χ3v) is 5.52. The number of anilines is 1. The van der Waals surface area contributed by atoms with Crippen molar-refractivity contribution in [1.82, 2.24) is 9.97 Å². The molecule has 0 aliphatic carbocycles. The molecule has 2 N–H and O–H groups in total. The van der Waals surface area contributed by atoms with Gasteiger partial charge in [0.15, 0.2) is 5.16 Å². The number of carbonyl (C=O) groups is 1. The fourth-order valence-corrected chi connectivity index (χ4v) is 3.98. The van der Waals surface area contributed by atoms with E-state index >= 15 is 0 Å². The van der Waals surface area contributed by atoms with Gasteiger partial charge in [0.1, 0.15) is 5.82 Å². The fraction of sp³-hybridized carbons (Fsp3) is 0.350. The quantitative estimate of drug-likeness (QED) is 0.465. The van der Waals surface area contributed by atoms with E-state index in [1.54, 1.807) is 6.92 Å². The molecule has 142 valence electrons. The second kappa shape index (κ2) is 8.00. The number of rotatable bonds is 5. The average molecular weight is 385 g/mol. The number of esters is 1. The zero-order valence-corrected chi connectivity index (χ0v) is 16.7. The van der Waals surface area contributed by atoms with Crippen LogP contribution in [0.3, 0.4) is 0 Å². The lowest BCUT2D eigenvalue weighted by Crippen LogP contribution is -2.31. The molecular formula is C20H23N3O3S. The minimum absolute atomic E-state index is 0.244. The Hall–Kier alpha value is -2.54. The number of ether oxygens (including phenoxy) is 1. The van der Waals surface area contributed by atoms with Crippen molar-refractivity contribution >= 4 is 23.5 Å².